The number of hydrogen-bond acceptors (Lipinski definition) is 5. The highest BCUT2D eigenvalue weighted by atomic mass is 16.6. The molecule has 0 bridgehead atoms. The summed E-state index contributed by atoms with van der Waals surface area (Å²) in [5, 5.41) is 2.82. The Hall–Kier alpha value is -2.73. The van der Waals surface area contributed by atoms with Crippen molar-refractivity contribution in [3.8, 4) is 11.5 Å². The van der Waals surface area contributed by atoms with Crippen molar-refractivity contribution in [3.05, 3.63) is 59.2 Å². The first-order valence-corrected chi connectivity index (χ1v) is 7.45. The van der Waals surface area contributed by atoms with Crippen LogP contribution in [0.3, 0.4) is 0 Å². The highest BCUT2D eigenvalue weighted by Crippen LogP contribution is 2.44. The van der Waals surface area contributed by atoms with Crippen molar-refractivity contribution in [2.24, 2.45) is 0 Å². The SMILES string of the molecule is COC(=O)NC1(c2ccccc2)OCc2cc(OC)c(OC)cc21. The zero-order chi connectivity index (χ0) is 17.2. The molecule has 1 amide bonds. The van der Waals surface area contributed by atoms with Crippen LogP contribution in [0.4, 0.5) is 4.79 Å². The van der Waals surface area contributed by atoms with Gasteiger partial charge in [0.25, 0.3) is 0 Å². The molecule has 6 heteroatoms. The lowest BCUT2D eigenvalue weighted by atomic mass is 9.92. The summed E-state index contributed by atoms with van der Waals surface area (Å²) in [5.41, 5.74) is 1.36. The number of hydrogen-bond donors (Lipinski definition) is 1. The van der Waals surface area contributed by atoms with E-state index in [2.05, 4.69) is 5.32 Å². The van der Waals surface area contributed by atoms with Gasteiger partial charge in [-0.25, -0.2) is 4.79 Å². The van der Waals surface area contributed by atoms with E-state index in [0.717, 1.165) is 16.7 Å². The molecule has 0 spiro atoms. The van der Waals surface area contributed by atoms with Crippen molar-refractivity contribution in [1.29, 1.82) is 0 Å². The van der Waals surface area contributed by atoms with Gasteiger partial charge in [0.05, 0.1) is 27.9 Å². The van der Waals surface area contributed by atoms with E-state index < -0.39 is 11.8 Å². The van der Waals surface area contributed by atoms with Gasteiger partial charge in [-0.05, 0) is 17.7 Å². The quantitative estimate of drug-likeness (QED) is 0.934. The molecule has 1 unspecified atom stereocenters. The van der Waals surface area contributed by atoms with Crippen LogP contribution in [-0.2, 0) is 21.8 Å². The second-order valence-electron chi connectivity index (χ2n) is 5.32. The van der Waals surface area contributed by atoms with Crippen LogP contribution in [0.1, 0.15) is 16.7 Å². The summed E-state index contributed by atoms with van der Waals surface area (Å²) < 4.78 is 21.6. The molecule has 0 aromatic heterocycles. The van der Waals surface area contributed by atoms with E-state index in [-0.39, 0.29) is 0 Å². The molecule has 1 aliphatic heterocycles. The number of carbonyl (C=O) groups excluding carboxylic acids is 1. The van der Waals surface area contributed by atoms with E-state index in [1.807, 2.05) is 42.5 Å². The molecule has 0 fully saturated rings. The number of benzene rings is 2. The third-order valence-electron chi connectivity index (χ3n) is 4.08. The van der Waals surface area contributed by atoms with Crippen LogP contribution in [-0.4, -0.2) is 27.4 Å². The summed E-state index contributed by atoms with van der Waals surface area (Å²) in [7, 11) is 4.47. The van der Waals surface area contributed by atoms with Gasteiger partial charge in [-0.3, -0.25) is 5.32 Å². The smallest absolute Gasteiger partial charge is 0.409 e. The van der Waals surface area contributed by atoms with Crippen molar-refractivity contribution in [3.63, 3.8) is 0 Å². The van der Waals surface area contributed by atoms with Crippen LogP contribution >= 0.6 is 0 Å². The molecule has 126 valence electrons. The second kappa shape index (κ2) is 6.41. The number of ether oxygens (including phenoxy) is 4. The predicted octanol–water partition coefficient (Wildman–Crippen LogP) is 2.79. The lowest BCUT2D eigenvalue weighted by Gasteiger charge is -2.30. The van der Waals surface area contributed by atoms with Crippen LogP contribution in [0.2, 0.25) is 0 Å². The van der Waals surface area contributed by atoms with Crippen molar-refractivity contribution in [1.82, 2.24) is 5.32 Å². The molecule has 0 aliphatic carbocycles. The molecular formula is C18H19NO5. The molecule has 0 saturated carbocycles. The van der Waals surface area contributed by atoms with Crippen LogP contribution in [0.15, 0.2) is 42.5 Å². The fourth-order valence-electron chi connectivity index (χ4n) is 2.91. The fraction of sp³-hybridized carbons (Fsp3) is 0.278. The molecule has 0 radical (unpaired) electrons. The zero-order valence-electron chi connectivity index (χ0n) is 13.8. The monoisotopic (exact) mass is 329 g/mol. The Labute approximate surface area is 140 Å². The molecule has 1 aliphatic rings. The predicted molar refractivity (Wildman–Crippen MR) is 87.1 cm³/mol. The lowest BCUT2D eigenvalue weighted by Crippen LogP contribution is -2.46. The number of alkyl carbamates (subject to hydrolysis) is 1. The Kier molecular flexibility index (Phi) is 4.31. The maximum atomic E-state index is 12.0. The minimum absolute atomic E-state index is 0.328. The van der Waals surface area contributed by atoms with Gasteiger partial charge in [-0.2, -0.15) is 0 Å². The van der Waals surface area contributed by atoms with E-state index in [1.165, 1.54) is 7.11 Å². The summed E-state index contributed by atoms with van der Waals surface area (Å²) in [6, 6.07) is 13.1. The van der Waals surface area contributed by atoms with Gasteiger partial charge in [0, 0.05) is 11.1 Å². The minimum Gasteiger partial charge on any atom is -0.493 e. The first-order chi connectivity index (χ1) is 11.6. The average molecular weight is 329 g/mol. The number of fused-ring (bicyclic) bond motifs is 1. The maximum Gasteiger partial charge on any atom is 0.409 e. The molecule has 2 aromatic carbocycles. The van der Waals surface area contributed by atoms with Crippen molar-refractivity contribution in [2.75, 3.05) is 21.3 Å². The summed E-state index contributed by atoms with van der Waals surface area (Å²) in [5.74, 6) is 1.18. The normalized spacial score (nSPS) is 18.6. The molecular weight excluding hydrogens is 310 g/mol. The Morgan fingerprint density at radius 1 is 1.08 bits per heavy atom. The molecule has 24 heavy (non-hydrogen) atoms. The number of amides is 1. The lowest BCUT2D eigenvalue weighted by molar-refractivity contribution is -0.0288. The number of nitrogens with one attached hydrogen (secondary N) is 1. The number of carbonyl (C=O) groups is 1. The van der Waals surface area contributed by atoms with Gasteiger partial charge >= 0.3 is 6.09 Å². The summed E-state index contributed by atoms with van der Waals surface area (Å²) >= 11 is 0. The highest BCUT2D eigenvalue weighted by molar-refractivity contribution is 5.70. The number of methoxy groups -OCH3 is 3. The Morgan fingerprint density at radius 3 is 2.38 bits per heavy atom. The van der Waals surface area contributed by atoms with Crippen LogP contribution in [0.25, 0.3) is 0 Å². The molecule has 2 aromatic rings. The van der Waals surface area contributed by atoms with E-state index in [4.69, 9.17) is 18.9 Å². The number of rotatable bonds is 4. The van der Waals surface area contributed by atoms with Gasteiger partial charge in [0.1, 0.15) is 0 Å². The summed E-state index contributed by atoms with van der Waals surface area (Å²) in [6.07, 6.45) is -0.582. The van der Waals surface area contributed by atoms with E-state index in [9.17, 15) is 4.79 Å². The van der Waals surface area contributed by atoms with Crippen molar-refractivity contribution in [2.45, 2.75) is 12.3 Å². The van der Waals surface area contributed by atoms with Crippen molar-refractivity contribution >= 4 is 6.09 Å². The van der Waals surface area contributed by atoms with Gasteiger partial charge in [-0.15, -0.1) is 0 Å². The van der Waals surface area contributed by atoms with E-state index in [1.54, 1.807) is 14.2 Å². The van der Waals surface area contributed by atoms with Gasteiger partial charge < -0.3 is 18.9 Å². The van der Waals surface area contributed by atoms with Gasteiger partial charge in [0.2, 0.25) is 0 Å². The van der Waals surface area contributed by atoms with Crippen molar-refractivity contribution < 1.29 is 23.7 Å². The molecule has 3 rings (SSSR count). The first kappa shape index (κ1) is 16.1. The first-order valence-electron chi connectivity index (χ1n) is 7.45. The fourth-order valence-corrected chi connectivity index (χ4v) is 2.91. The van der Waals surface area contributed by atoms with Gasteiger partial charge in [0.15, 0.2) is 17.2 Å². The maximum absolute atomic E-state index is 12.0. The summed E-state index contributed by atoms with van der Waals surface area (Å²) in [6.45, 7) is 0.328. The Bertz CT molecular complexity index is 747. The van der Waals surface area contributed by atoms with Crippen LogP contribution in [0.5, 0.6) is 11.5 Å². The zero-order valence-corrected chi connectivity index (χ0v) is 13.8. The molecule has 6 nitrogen and oxygen atoms in total. The van der Waals surface area contributed by atoms with Crippen LogP contribution < -0.4 is 14.8 Å². The third kappa shape index (κ3) is 2.55. The van der Waals surface area contributed by atoms with E-state index in [0.29, 0.717) is 18.1 Å². The molecule has 0 saturated heterocycles. The van der Waals surface area contributed by atoms with Gasteiger partial charge in [-0.1, -0.05) is 30.3 Å². The standard InChI is InChI=1S/C18H19NO5/c1-21-15-9-12-11-24-18(19-17(20)23-3,13-7-5-4-6-8-13)14(12)10-16(15)22-2/h4-10H,11H2,1-3H3,(H,19,20). The second-order valence-corrected chi connectivity index (χ2v) is 5.32. The Morgan fingerprint density at radius 2 is 1.75 bits per heavy atom. The molecule has 1 atom stereocenters. The third-order valence-corrected chi connectivity index (χ3v) is 4.08. The molecule has 1 N–H and O–H groups in total. The topological polar surface area (TPSA) is 66.0 Å². The average Bonchev–Trinajstić information content (AvgIpc) is 2.99. The summed E-state index contributed by atoms with van der Waals surface area (Å²) in [4.78, 5) is 12.0. The van der Waals surface area contributed by atoms with E-state index >= 15 is 0 Å². The molecule has 1 heterocycles. The Balaban J connectivity index is 2.18. The van der Waals surface area contributed by atoms with Crippen LogP contribution in [0, 0.1) is 0 Å². The highest BCUT2D eigenvalue weighted by Gasteiger charge is 2.44. The minimum atomic E-state index is -1.14. The largest absolute Gasteiger partial charge is 0.493 e.